The number of nitrogens with one attached hydrogen (secondary N) is 1. The number of piperidine rings is 1. The maximum Gasteiger partial charge on any atom is 0.225 e. The van der Waals surface area contributed by atoms with Crippen LogP contribution in [0.4, 0.5) is 0 Å². The number of carbonyl (C=O) groups is 1. The number of hydrogen-bond donors (Lipinski definition) is 1. The van der Waals surface area contributed by atoms with Gasteiger partial charge < -0.3 is 14.6 Å². The molecule has 1 N–H and O–H groups in total. The molecule has 4 rings (SSSR count). The van der Waals surface area contributed by atoms with Crippen molar-refractivity contribution in [2.75, 3.05) is 26.2 Å². The first kappa shape index (κ1) is 18.2. The molecule has 2 aliphatic heterocycles. The van der Waals surface area contributed by atoms with Crippen LogP contribution in [0.15, 0.2) is 24.8 Å². The van der Waals surface area contributed by atoms with Crippen LogP contribution in [-0.2, 0) is 29.2 Å². The fourth-order valence-corrected chi connectivity index (χ4v) is 4.01. The van der Waals surface area contributed by atoms with Gasteiger partial charge in [0.15, 0.2) is 0 Å². The van der Waals surface area contributed by atoms with Crippen molar-refractivity contribution in [2.24, 2.45) is 0 Å². The van der Waals surface area contributed by atoms with E-state index in [0.717, 1.165) is 50.4 Å². The van der Waals surface area contributed by atoms with E-state index < -0.39 is 0 Å². The Morgan fingerprint density at radius 1 is 1.26 bits per heavy atom. The lowest BCUT2D eigenvalue weighted by atomic mass is 9.87. The molecule has 2 aliphatic rings. The molecule has 8 nitrogen and oxygen atoms in total. The van der Waals surface area contributed by atoms with Crippen LogP contribution in [-0.4, -0.2) is 67.3 Å². The van der Waals surface area contributed by atoms with Gasteiger partial charge >= 0.3 is 0 Å². The summed E-state index contributed by atoms with van der Waals surface area (Å²) in [5.41, 5.74) is 1.76. The highest BCUT2D eigenvalue weighted by molar-refractivity contribution is 5.77. The van der Waals surface area contributed by atoms with Crippen molar-refractivity contribution >= 4 is 5.91 Å². The van der Waals surface area contributed by atoms with Crippen LogP contribution in [0, 0.1) is 0 Å². The van der Waals surface area contributed by atoms with Gasteiger partial charge in [0.1, 0.15) is 0 Å². The molecule has 0 bridgehead atoms. The van der Waals surface area contributed by atoms with E-state index in [4.69, 9.17) is 4.74 Å². The Balaban J connectivity index is 1.33. The molecule has 0 atom stereocenters. The number of likely N-dealkylation sites (tertiary alicyclic amines) is 1. The Labute approximate surface area is 159 Å². The van der Waals surface area contributed by atoms with Gasteiger partial charge in [0.25, 0.3) is 0 Å². The molecule has 27 heavy (non-hydrogen) atoms. The third kappa shape index (κ3) is 4.22. The molecule has 2 aromatic rings. The first-order valence-corrected chi connectivity index (χ1v) is 9.79. The first-order chi connectivity index (χ1) is 13.2. The zero-order chi connectivity index (χ0) is 18.7. The van der Waals surface area contributed by atoms with Crippen molar-refractivity contribution in [3.63, 3.8) is 0 Å². The molecule has 0 saturated carbocycles. The standard InChI is InChI=1S/C19H28N6O2/c1-2-25-6-3-16(22-25)14-24-9-10-27-19(11-18(24)26)4-7-23(8-5-19)13-17-12-20-15-21-17/h3,6,12,15H,2,4-5,7-11,13-14H2,1H3,(H,20,21). The summed E-state index contributed by atoms with van der Waals surface area (Å²) >= 11 is 0. The summed E-state index contributed by atoms with van der Waals surface area (Å²) in [6.07, 6.45) is 7.81. The average molecular weight is 372 g/mol. The summed E-state index contributed by atoms with van der Waals surface area (Å²) in [5, 5.41) is 4.50. The monoisotopic (exact) mass is 372 g/mol. The van der Waals surface area contributed by atoms with Gasteiger partial charge in [-0.3, -0.25) is 14.4 Å². The highest BCUT2D eigenvalue weighted by Gasteiger charge is 2.40. The van der Waals surface area contributed by atoms with E-state index in [1.807, 2.05) is 28.0 Å². The summed E-state index contributed by atoms with van der Waals surface area (Å²) < 4.78 is 8.14. The van der Waals surface area contributed by atoms with E-state index in [1.165, 1.54) is 0 Å². The topological polar surface area (TPSA) is 79.3 Å². The number of aromatic amines is 1. The quantitative estimate of drug-likeness (QED) is 0.858. The zero-order valence-corrected chi connectivity index (χ0v) is 15.9. The Bertz CT molecular complexity index is 748. The lowest BCUT2D eigenvalue weighted by molar-refractivity contribution is -0.136. The number of aryl methyl sites for hydroxylation is 1. The van der Waals surface area contributed by atoms with Crippen molar-refractivity contribution < 1.29 is 9.53 Å². The molecular formula is C19H28N6O2. The molecule has 2 fully saturated rings. The van der Waals surface area contributed by atoms with E-state index in [2.05, 4.69) is 26.9 Å². The molecule has 4 heterocycles. The Morgan fingerprint density at radius 3 is 2.81 bits per heavy atom. The summed E-state index contributed by atoms with van der Waals surface area (Å²) in [6, 6.07) is 1.99. The van der Waals surface area contributed by atoms with Crippen LogP contribution in [0.5, 0.6) is 0 Å². The summed E-state index contributed by atoms with van der Waals surface area (Å²) in [4.78, 5) is 24.4. The molecule has 2 aromatic heterocycles. The number of ether oxygens (including phenoxy) is 1. The molecule has 1 amide bonds. The van der Waals surface area contributed by atoms with Crippen LogP contribution in [0.2, 0.25) is 0 Å². The molecule has 1 spiro atoms. The number of hydrogen-bond acceptors (Lipinski definition) is 5. The van der Waals surface area contributed by atoms with Crippen molar-refractivity contribution in [1.82, 2.24) is 29.5 Å². The summed E-state index contributed by atoms with van der Waals surface area (Å²) in [5.74, 6) is 0.181. The largest absolute Gasteiger partial charge is 0.373 e. The smallest absolute Gasteiger partial charge is 0.225 e. The van der Waals surface area contributed by atoms with Crippen LogP contribution in [0.25, 0.3) is 0 Å². The molecule has 0 aromatic carbocycles. The molecule has 0 aliphatic carbocycles. The normalized spacial score (nSPS) is 20.9. The van der Waals surface area contributed by atoms with Crippen molar-refractivity contribution in [1.29, 1.82) is 0 Å². The van der Waals surface area contributed by atoms with Crippen LogP contribution >= 0.6 is 0 Å². The molecule has 146 valence electrons. The fourth-order valence-electron chi connectivity index (χ4n) is 4.01. The Kier molecular flexibility index (Phi) is 5.27. The summed E-state index contributed by atoms with van der Waals surface area (Å²) in [6.45, 7) is 7.45. The van der Waals surface area contributed by atoms with Crippen molar-refractivity contribution in [2.45, 2.75) is 51.4 Å². The number of carbonyl (C=O) groups excluding carboxylic acids is 1. The van der Waals surface area contributed by atoms with Crippen LogP contribution in [0.3, 0.4) is 0 Å². The maximum atomic E-state index is 12.9. The predicted octanol–water partition coefficient (Wildman–Crippen LogP) is 1.41. The Hall–Kier alpha value is -2.19. The highest BCUT2D eigenvalue weighted by Crippen LogP contribution is 2.33. The SMILES string of the molecule is CCn1ccc(CN2CCOC3(CCN(Cc4cnc[nH]4)CC3)CC2=O)n1. The minimum atomic E-state index is -0.306. The average Bonchev–Trinajstić information content (AvgIpc) is 3.32. The minimum absolute atomic E-state index is 0.181. The van der Waals surface area contributed by atoms with E-state index in [-0.39, 0.29) is 11.5 Å². The second kappa shape index (κ2) is 7.82. The van der Waals surface area contributed by atoms with Gasteiger partial charge in [-0.15, -0.1) is 0 Å². The van der Waals surface area contributed by atoms with Gasteiger partial charge in [-0.2, -0.15) is 5.10 Å². The summed E-state index contributed by atoms with van der Waals surface area (Å²) in [7, 11) is 0. The van der Waals surface area contributed by atoms with Gasteiger partial charge in [0, 0.05) is 50.8 Å². The first-order valence-electron chi connectivity index (χ1n) is 9.79. The number of rotatable bonds is 5. The molecule has 0 radical (unpaired) electrons. The van der Waals surface area contributed by atoms with E-state index in [0.29, 0.717) is 26.1 Å². The lowest BCUT2D eigenvalue weighted by Gasteiger charge is -2.40. The number of amides is 1. The molecule has 8 heteroatoms. The molecule has 0 unspecified atom stereocenters. The lowest BCUT2D eigenvalue weighted by Crippen LogP contribution is -2.47. The van der Waals surface area contributed by atoms with E-state index in [1.54, 1.807) is 6.33 Å². The fraction of sp³-hybridized carbons (Fsp3) is 0.632. The minimum Gasteiger partial charge on any atom is -0.373 e. The zero-order valence-electron chi connectivity index (χ0n) is 15.9. The third-order valence-corrected chi connectivity index (χ3v) is 5.68. The van der Waals surface area contributed by atoms with Gasteiger partial charge in [-0.05, 0) is 25.8 Å². The van der Waals surface area contributed by atoms with Gasteiger partial charge in [-0.25, -0.2) is 4.98 Å². The number of H-pyrrole nitrogens is 1. The van der Waals surface area contributed by atoms with E-state index >= 15 is 0 Å². The number of aromatic nitrogens is 4. The van der Waals surface area contributed by atoms with Gasteiger partial charge in [-0.1, -0.05) is 0 Å². The highest BCUT2D eigenvalue weighted by atomic mass is 16.5. The maximum absolute atomic E-state index is 12.9. The van der Waals surface area contributed by atoms with Crippen LogP contribution < -0.4 is 0 Å². The molecular weight excluding hydrogens is 344 g/mol. The van der Waals surface area contributed by atoms with E-state index in [9.17, 15) is 4.79 Å². The number of imidazole rings is 1. The third-order valence-electron chi connectivity index (χ3n) is 5.68. The predicted molar refractivity (Wildman–Crippen MR) is 99.7 cm³/mol. The van der Waals surface area contributed by atoms with Gasteiger partial charge in [0.05, 0.1) is 37.2 Å². The second-order valence-electron chi connectivity index (χ2n) is 7.54. The molecule has 2 saturated heterocycles. The van der Waals surface area contributed by atoms with Crippen molar-refractivity contribution in [3.05, 3.63) is 36.2 Å². The second-order valence-corrected chi connectivity index (χ2v) is 7.54. The van der Waals surface area contributed by atoms with Gasteiger partial charge in [0.2, 0.25) is 5.91 Å². The van der Waals surface area contributed by atoms with Crippen molar-refractivity contribution in [3.8, 4) is 0 Å². The Morgan fingerprint density at radius 2 is 2.11 bits per heavy atom. The number of nitrogens with zero attached hydrogens (tertiary/aromatic N) is 5. The van der Waals surface area contributed by atoms with Crippen LogP contribution in [0.1, 0.15) is 37.6 Å².